The lowest BCUT2D eigenvalue weighted by Gasteiger charge is -2.12. The van der Waals surface area contributed by atoms with E-state index in [4.69, 9.17) is 0 Å². The van der Waals surface area contributed by atoms with Crippen molar-refractivity contribution >= 4 is 28.4 Å². The second-order valence-corrected chi connectivity index (χ2v) is 6.06. The zero-order chi connectivity index (χ0) is 18.0. The zero-order valence-corrected chi connectivity index (χ0v) is 14.4. The Labute approximate surface area is 146 Å². The lowest BCUT2D eigenvalue weighted by atomic mass is 10.1. The van der Waals surface area contributed by atoms with Crippen LogP contribution >= 0.6 is 0 Å². The third kappa shape index (κ3) is 3.50. The van der Waals surface area contributed by atoms with Crippen LogP contribution in [0.4, 0.5) is 5.69 Å². The molecule has 0 saturated carbocycles. The fraction of sp³-hybridized carbons (Fsp3) is 0.150. The highest BCUT2D eigenvalue weighted by molar-refractivity contribution is 6.12. The molecular weight excluding hydrogens is 314 g/mol. The number of hydrogen-bond donors (Lipinski definition) is 1. The fourth-order valence-corrected chi connectivity index (χ4v) is 2.65. The molecule has 0 aliphatic carbocycles. The Morgan fingerprint density at radius 3 is 2.36 bits per heavy atom. The van der Waals surface area contributed by atoms with E-state index >= 15 is 0 Å². The van der Waals surface area contributed by atoms with Gasteiger partial charge in [-0.15, -0.1) is 0 Å². The quantitative estimate of drug-likeness (QED) is 0.798. The molecule has 1 aromatic heterocycles. The van der Waals surface area contributed by atoms with E-state index in [-0.39, 0.29) is 11.8 Å². The summed E-state index contributed by atoms with van der Waals surface area (Å²) in [4.78, 5) is 30.6. The second kappa shape index (κ2) is 6.73. The van der Waals surface area contributed by atoms with Crippen molar-refractivity contribution in [1.29, 1.82) is 0 Å². The number of carbonyl (C=O) groups excluding carboxylic acids is 2. The molecule has 0 aliphatic rings. The van der Waals surface area contributed by atoms with Gasteiger partial charge in [0.05, 0.1) is 11.1 Å². The van der Waals surface area contributed by atoms with E-state index in [1.807, 2.05) is 31.2 Å². The number of pyridine rings is 1. The maximum absolute atomic E-state index is 12.7. The number of aryl methyl sites for hydroxylation is 1. The summed E-state index contributed by atoms with van der Waals surface area (Å²) in [5.41, 5.74) is 3.37. The molecule has 0 bridgehead atoms. The first kappa shape index (κ1) is 16.6. The highest BCUT2D eigenvalue weighted by atomic mass is 16.2. The topological polar surface area (TPSA) is 62.3 Å². The number of fused-ring (bicyclic) bond motifs is 1. The van der Waals surface area contributed by atoms with Crippen molar-refractivity contribution in [3.05, 3.63) is 71.4 Å². The molecule has 5 heteroatoms. The largest absolute Gasteiger partial charge is 0.345 e. The monoisotopic (exact) mass is 333 g/mol. The first-order chi connectivity index (χ1) is 12.0. The van der Waals surface area contributed by atoms with Gasteiger partial charge in [0, 0.05) is 36.4 Å². The minimum absolute atomic E-state index is 0.0753. The van der Waals surface area contributed by atoms with Gasteiger partial charge in [-0.25, -0.2) is 0 Å². The molecule has 2 aromatic carbocycles. The molecule has 2 amide bonds. The van der Waals surface area contributed by atoms with E-state index in [9.17, 15) is 9.59 Å². The number of para-hydroxylation sites is 1. The first-order valence-corrected chi connectivity index (χ1v) is 7.95. The number of amides is 2. The van der Waals surface area contributed by atoms with Crippen molar-refractivity contribution in [2.24, 2.45) is 0 Å². The van der Waals surface area contributed by atoms with Crippen molar-refractivity contribution in [2.75, 3.05) is 19.4 Å². The maximum Gasteiger partial charge on any atom is 0.256 e. The summed E-state index contributed by atoms with van der Waals surface area (Å²) >= 11 is 0. The molecular formula is C20H19N3O2. The minimum atomic E-state index is -0.201. The summed E-state index contributed by atoms with van der Waals surface area (Å²) in [7, 11) is 3.41. The van der Waals surface area contributed by atoms with E-state index < -0.39 is 0 Å². The molecule has 5 nitrogen and oxygen atoms in total. The van der Waals surface area contributed by atoms with Gasteiger partial charge in [-0.2, -0.15) is 0 Å². The van der Waals surface area contributed by atoms with Crippen LogP contribution in [0.25, 0.3) is 10.9 Å². The number of hydrogen-bond acceptors (Lipinski definition) is 3. The Bertz CT molecular complexity index is 947. The molecule has 0 fully saturated rings. The summed E-state index contributed by atoms with van der Waals surface area (Å²) in [6.07, 6.45) is 0. The van der Waals surface area contributed by atoms with Crippen LogP contribution in [0.3, 0.4) is 0 Å². The number of anilines is 1. The van der Waals surface area contributed by atoms with Crippen molar-refractivity contribution in [3.8, 4) is 0 Å². The summed E-state index contributed by atoms with van der Waals surface area (Å²) < 4.78 is 0. The molecule has 0 saturated heterocycles. The average molecular weight is 333 g/mol. The molecule has 25 heavy (non-hydrogen) atoms. The highest BCUT2D eigenvalue weighted by Gasteiger charge is 2.13. The van der Waals surface area contributed by atoms with Crippen LogP contribution < -0.4 is 5.32 Å². The second-order valence-electron chi connectivity index (χ2n) is 6.06. The third-order valence-electron chi connectivity index (χ3n) is 3.88. The number of rotatable bonds is 3. The van der Waals surface area contributed by atoms with Gasteiger partial charge in [0.25, 0.3) is 11.8 Å². The van der Waals surface area contributed by atoms with Gasteiger partial charge in [-0.3, -0.25) is 14.6 Å². The van der Waals surface area contributed by atoms with Gasteiger partial charge in [-0.1, -0.05) is 18.2 Å². The minimum Gasteiger partial charge on any atom is -0.345 e. The Hall–Kier alpha value is -3.21. The van der Waals surface area contributed by atoms with E-state index in [2.05, 4.69) is 10.3 Å². The van der Waals surface area contributed by atoms with Crippen LogP contribution in [-0.4, -0.2) is 35.8 Å². The van der Waals surface area contributed by atoms with Gasteiger partial charge in [0.15, 0.2) is 0 Å². The summed E-state index contributed by atoms with van der Waals surface area (Å²) in [5, 5.41) is 3.69. The smallest absolute Gasteiger partial charge is 0.256 e. The SMILES string of the molecule is Cc1cc(C(=O)Nc2ccc(C(=O)N(C)C)cc2)c2ccccc2n1. The summed E-state index contributed by atoms with van der Waals surface area (Å²) in [6, 6.07) is 16.2. The molecule has 3 aromatic rings. The molecule has 3 rings (SSSR count). The number of nitrogens with zero attached hydrogens (tertiary/aromatic N) is 2. The van der Waals surface area contributed by atoms with Crippen LogP contribution in [0, 0.1) is 6.92 Å². The van der Waals surface area contributed by atoms with E-state index in [0.717, 1.165) is 16.6 Å². The standard InChI is InChI=1S/C20H19N3O2/c1-13-12-17(16-6-4-5-7-18(16)21-13)19(24)22-15-10-8-14(9-11-15)20(25)23(2)3/h4-12H,1-3H3,(H,22,24). The van der Waals surface area contributed by atoms with E-state index in [0.29, 0.717) is 16.8 Å². The van der Waals surface area contributed by atoms with Gasteiger partial charge in [0.1, 0.15) is 0 Å². The van der Waals surface area contributed by atoms with Crippen LogP contribution in [0.5, 0.6) is 0 Å². The fourth-order valence-electron chi connectivity index (χ4n) is 2.65. The predicted octanol–water partition coefficient (Wildman–Crippen LogP) is 3.50. The zero-order valence-electron chi connectivity index (χ0n) is 14.4. The number of aromatic nitrogens is 1. The summed E-state index contributed by atoms with van der Waals surface area (Å²) in [6.45, 7) is 1.87. The van der Waals surface area contributed by atoms with Crippen LogP contribution in [0.2, 0.25) is 0 Å². The lowest BCUT2D eigenvalue weighted by Crippen LogP contribution is -2.21. The first-order valence-electron chi connectivity index (χ1n) is 7.95. The maximum atomic E-state index is 12.7. The predicted molar refractivity (Wildman–Crippen MR) is 98.9 cm³/mol. The molecule has 126 valence electrons. The Morgan fingerprint density at radius 1 is 1.00 bits per heavy atom. The van der Waals surface area contributed by atoms with Crippen molar-refractivity contribution < 1.29 is 9.59 Å². The average Bonchev–Trinajstić information content (AvgIpc) is 2.60. The van der Waals surface area contributed by atoms with Crippen molar-refractivity contribution in [3.63, 3.8) is 0 Å². The van der Waals surface area contributed by atoms with Crippen LogP contribution in [0.15, 0.2) is 54.6 Å². The third-order valence-corrected chi connectivity index (χ3v) is 3.88. The molecule has 1 N–H and O–H groups in total. The van der Waals surface area contributed by atoms with Gasteiger partial charge in [-0.05, 0) is 43.3 Å². The highest BCUT2D eigenvalue weighted by Crippen LogP contribution is 2.20. The van der Waals surface area contributed by atoms with Gasteiger partial charge < -0.3 is 10.2 Å². The van der Waals surface area contributed by atoms with Gasteiger partial charge in [0.2, 0.25) is 0 Å². The normalized spacial score (nSPS) is 10.5. The van der Waals surface area contributed by atoms with Crippen LogP contribution in [-0.2, 0) is 0 Å². The molecule has 0 radical (unpaired) electrons. The molecule has 1 heterocycles. The number of benzene rings is 2. The van der Waals surface area contributed by atoms with Gasteiger partial charge >= 0.3 is 0 Å². The number of carbonyl (C=O) groups is 2. The summed E-state index contributed by atoms with van der Waals surface area (Å²) in [5.74, 6) is -0.276. The Kier molecular flexibility index (Phi) is 4.48. The van der Waals surface area contributed by atoms with Crippen molar-refractivity contribution in [1.82, 2.24) is 9.88 Å². The molecule has 0 atom stereocenters. The van der Waals surface area contributed by atoms with Crippen molar-refractivity contribution in [2.45, 2.75) is 6.92 Å². The molecule has 0 aliphatic heterocycles. The molecule has 0 spiro atoms. The lowest BCUT2D eigenvalue weighted by molar-refractivity contribution is 0.0827. The van der Waals surface area contributed by atoms with Crippen LogP contribution in [0.1, 0.15) is 26.4 Å². The number of nitrogens with one attached hydrogen (secondary N) is 1. The molecule has 0 unspecified atom stereocenters. The Morgan fingerprint density at radius 2 is 1.68 bits per heavy atom. The Balaban J connectivity index is 1.87. The van der Waals surface area contributed by atoms with E-state index in [1.54, 1.807) is 44.4 Å². The van der Waals surface area contributed by atoms with E-state index in [1.165, 1.54) is 4.90 Å².